The van der Waals surface area contributed by atoms with Crippen LogP contribution in [0.4, 0.5) is 4.79 Å². The van der Waals surface area contributed by atoms with Gasteiger partial charge >= 0.3 is 12.1 Å². The maximum atomic E-state index is 14.5. The van der Waals surface area contributed by atoms with Gasteiger partial charge in [0, 0.05) is 24.4 Å². The van der Waals surface area contributed by atoms with Crippen molar-refractivity contribution in [2.75, 3.05) is 13.2 Å². The molecule has 2 fully saturated rings. The quantitative estimate of drug-likeness (QED) is 0.242. The monoisotopic (exact) mass is 735 g/mol. The normalized spacial score (nSPS) is 26.2. The van der Waals surface area contributed by atoms with Crippen molar-refractivity contribution < 1.29 is 28.7 Å². The molecule has 0 unspecified atom stereocenters. The highest BCUT2D eigenvalue weighted by Crippen LogP contribution is 2.46. The minimum atomic E-state index is -1.24. The van der Waals surface area contributed by atoms with Gasteiger partial charge in [-0.2, -0.15) is 27.8 Å². The lowest BCUT2D eigenvalue weighted by atomic mass is 10.0. The van der Waals surface area contributed by atoms with Crippen LogP contribution in [0, 0.1) is 5.92 Å². The molecule has 3 amide bonds. The average molecular weight is 736 g/mol. The number of carbonyl (C=O) groups excluding carboxylic acids is 4. The molecule has 2 aliphatic heterocycles. The van der Waals surface area contributed by atoms with Crippen LogP contribution in [0.2, 0.25) is 0 Å². The summed E-state index contributed by atoms with van der Waals surface area (Å²) in [5, 5.41) is 18.1. The lowest BCUT2D eigenvalue weighted by molar-refractivity contribution is -0.150. The van der Waals surface area contributed by atoms with Crippen molar-refractivity contribution in [2.45, 2.75) is 102 Å². The predicted molar refractivity (Wildman–Crippen MR) is 195 cm³/mol. The van der Waals surface area contributed by atoms with Gasteiger partial charge in [-0.25, -0.2) is 14.3 Å². The molecule has 0 spiro atoms. The van der Waals surface area contributed by atoms with Crippen molar-refractivity contribution in [1.82, 2.24) is 25.3 Å². The first kappa shape index (κ1) is 36.5. The minimum Gasteiger partial charge on any atom is -0.464 e. The first-order chi connectivity index (χ1) is 24.4. The van der Waals surface area contributed by atoms with E-state index in [0.717, 1.165) is 30.4 Å². The fraction of sp³-hybridized carbons (Fsp3) is 0.514. The van der Waals surface area contributed by atoms with Gasteiger partial charge in [0.1, 0.15) is 23.2 Å². The number of hydrogen-bond acceptors (Lipinski definition) is 10. The molecule has 272 valence electrons. The number of alkyl carbamates (subject to hydrolysis) is 1. The van der Waals surface area contributed by atoms with Crippen LogP contribution >= 0.6 is 22.7 Å². The molecule has 2 N–H and O–H groups in total. The fourth-order valence-corrected chi connectivity index (χ4v) is 8.30. The van der Waals surface area contributed by atoms with Gasteiger partial charge in [0.15, 0.2) is 0 Å². The van der Waals surface area contributed by atoms with E-state index in [1.165, 1.54) is 32.3 Å². The summed E-state index contributed by atoms with van der Waals surface area (Å²) in [6.07, 6.45) is 8.81. The van der Waals surface area contributed by atoms with Crippen LogP contribution in [-0.4, -0.2) is 74.9 Å². The number of hydrogen-bond donors (Lipinski definition) is 2. The van der Waals surface area contributed by atoms with Crippen LogP contribution < -0.4 is 16.2 Å². The highest BCUT2D eigenvalue weighted by Gasteiger charge is 2.62. The molecule has 1 saturated carbocycles. The molecule has 14 heteroatoms. The number of fused-ring (bicyclic) bond motifs is 2. The fourth-order valence-electron chi connectivity index (χ4n) is 7.00. The molecular formula is C37H45N5O7S2. The summed E-state index contributed by atoms with van der Waals surface area (Å²) in [7, 11) is 0. The Bertz CT molecular complexity index is 1830. The molecular weight excluding hydrogens is 691 g/mol. The Morgan fingerprint density at radius 2 is 1.82 bits per heavy atom. The molecule has 1 saturated heterocycles. The number of amides is 3. The second-order valence-electron chi connectivity index (χ2n) is 14.4. The van der Waals surface area contributed by atoms with Gasteiger partial charge in [-0.05, 0) is 98.2 Å². The molecule has 12 nitrogen and oxygen atoms in total. The van der Waals surface area contributed by atoms with Crippen LogP contribution in [0.1, 0.15) is 78.7 Å². The van der Waals surface area contributed by atoms with E-state index in [-0.39, 0.29) is 31.0 Å². The van der Waals surface area contributed by atoms with E-state index in [4.69, 9.17) is 9.47 Å². The lowest BCUT2D eigenvalue weighted by Gasteiger charge is -2.30. The van der Waals surface area contributed by atoms with Gasteiger partial charge in [-0.3, -0.25) is 14.4 Å². The van der Waals surface area contributed by atoms with E-state index in [1.54, 1.807) is 33.9 Å². The smallest absolute Gasteiger partial charge is 0.408 e. The molecule has 0 aromatic carbocycles. The molecule has 5 heterocycles. The number of thiophene rings is 2. The van der Waals surface area contributed by atoms with E-state index < -0.39 is 53.1 Å². The third-order valence-corrected chi connectivity index (χ3v) is 10.9. The van der Waals surface area contributed by atoms with Crippen LogP contribution in [0.25, 0.3) is 22.3 Å². The van der Waals surface area contributed by atoms with Gasteiger partial charge in [0.2, 0.25) is 11.8 Å². The second-order valence-corrected chi connectivity index (χ2v) is 15.9. The van der Waals surface area contributed by atoms with Crippen LogP contribution in [0.15, 0.2) is 56.8 Å². The van der Waals surface area contributed by atoms with Crippen molar-refractivity contribution in [3.05, 3.63) is 62.4 Å². The number of rotatable bonds is 6. The summed E-state index contributed by atoms with van der Waals surface area (Å²) >= 11 is 3.00. The Kier molecular flexibility index (Phi) is 10.8. The van der Waals surface area contributed by atoms with Crippen LogP contribution in [0.3, 0.4) is 0 Å². The van der Waals surface area contributed by atoms with Crippen molar-refractivity contribution in [1.29, 1.82) is 0 Å². The Morgan fingerprint density at radius 1 is 1.08 bits per heavy atom. The van der Waals surface area contributed by atoms with Gasteiger partial charge in [-0.1, -0.05) is 25.0 Å². The third-order valence-electron chi connectivity index (χ3n) is 9.58. The van der Waals surface area contributed by atoms with Gasteiger partial charge in [-0.15, -0.1) is 0 Å². The van der Waals surface area contributed by atoms with E-state index in [9.17, 15) is 24.0 Å². The topological polar surface area (TPSA) is 149 Å². The van der Waals surface area contributed by atoms with E-state index in [0.29, 0.717) is 30.4 Å². The van der Waals surface area contributed by atoms with E-state index >= 15 is 0 Å². The first-order valence-corrected chi connectivity index (χ1v) is 19.4. The summed E-state index contributed by atoms with van der Waals surface area (Å²) in [6.45, 7) is 7.10. The average Bonchev–Trinajstić information content (AvgIpc) is 3.60. The van der Waals surface area contributed by atoms with Gasteiger partial charge < -0.3 is 25.0 Å². The van der Waals surface area contributed by atoms with E-state index in [1.807, 2.05) is 45.8 Å². The largest absolute Gasteiger partial charge is 0.464 e. The number of allylic oxidation sites excluding steroid dienone is 1. The Morgan fingerprint density at radius 3 is 2.51 bits per heavy atom. The predicted octanol–water partition coefficient (Wildman–Crippen LogP) is 5.69. The Balaban J connectivity index is 1.38. The molecule has 5 atom stereocenters. The Labute approximate surface area is 305 Å². The number of ether oxygens (including phenoxy) is 2. The van der Waals surface area contributed by atoms with Gasteiger partial charge in [0.05, 0.1) is 24.4 Å². The van der Waals surface area contributed by atoms with Crippen molar-refractivity contribution >= 4 is 46.6 Å². The highest BCUT2D eigenvalue weighted by molar-refractivity contribution is 7.08. The molecule has 3 aromatic heterocycles. The number of nitrogens with zero attached hydrogens (tertiary/aromatic N) is 3. The first-order valence-electron chi connectivity index (χ1n) is 17.5. The third kappa shape index (κ3) is 7.96. The summed E-state index contributed by atoms with van der Waals surface area (Å²) < 4.78 is 12.3. The molecule has 3 aromatic rings. The number of aromatic nitrogens is 2. The molecule has 0 bridgehead atoms. The minimum absolute atomic E-state index is 0.00701. The zero-order valence-electron chi connectivity index (χ0n) is 29.4. The summed E-state index contributed by atoms with van der Waals surface area (Å²) in [4.78, 5) is 70.9. The van der Waals surface area contributed by atoms with Crippen LogP contribution in [-0.2, 0) is 23.9 Å². The molecule has 51 heavy (non-hydrogen) atoms. The zero-order chi connectivity index (χ0) is 36.3. The summed E-state index contributed by atoms with van der Waals surface area (Å²) in [6, 6.07) is 1.13. The number of esters is 1. The molecule has 0 radical (unpaired) electrons. The van der Waals surface area contributed by atoms with Crippen molar-refractivity contribution in [3.63, 3.8) is 0 Å². The maximum absolute atomic E-state index is 14.5. The van der Waals surface area contributed by atoms with Crippen molar-refractivity contribution in [2.24, 2.45) is 5.92 Å². The molecule has 6 rings (SSSR count). The van der Waals surface area contributed by atoms with Crippen LogP contribution in [0.5, 0.6) is 0 Å². The Hall–Kier alpha value is -4.30. The highest BCUT2D eigenvalue weighted by atomic mass is 32.1. The zero-order valence-corrected chi connectivity index (χ0v) is 31.0. The lowest BCUT2D eigenvalue weighted by Crippen LogP contribution is -2.56. The van der Waals surface area contributed by atoms with Crippen molar-refractivity contribution in [3.8, 4) is 22.3 Å². The SMILES string of the molecule is CCOC(=O)[C@@]12C[C@H]1/C=C\CCCCC[C@H](NC(=O)OC(C)(C)C)C(=O)N1C[C@H](n3ncc(-c4ccsc4)c(-c4ccsc4)c3=O)C[C@H]1C(=O)N2. The molecule has 1 aliphatic carbocycles. The maximum Gasteiger partial charge on any atom is 0.408 e. The summed E-state index contributed by atoms with van der Waals surface area (Å²) in [5.74, 6) is -1.75. The molecule has 3 aliphatic rings. The number of nitrogens with one attached hydrogen (secondary N) is 2. The van der Waals surface area contributed by atoms with Gasteiger partial charge in [0.25, 0.3) is 5.56 Å². The second kappa shape index (κ2) is 15.1. The summed E-state index contributed by atoms with van der Waals surface area (Å²) in [5.41, 5.74) is 0.455. The van der Waals surface area contributed by atoms with E-state index in [2.05, 4.69) is 15.7 Å². The standard InChI is InChI=1S/C37H45N5O7S2/c1-5-48-34(46)37-18-25(37)11-9-7-6-8-10-12-28(39-35(47)49-36(2,3)4)32(44)41-20-26(17-29(41)31(43)40-37)42-33(45)30(24-14-16-51-22-24)27(19-38-42)23-13-15-50-21-23/h9,11,13-16,19,21-22,25-26,28-29H,5-8,10,12,17-18,20H2,1-4H3,(H,39,47)(H,40,43)/b11-9-/t25-,26-,28+,29+,37-/m1/s1. The number of carbonyl (C=O) groups is 4.